The van der Waals surface area contributed by atoms with Gasteiger partial charge in [-0.2, -0.15) is 0 Å². The summed E-state index contributed by atoms with van der Waals surface area (Å²) in [6.45, 7) is 4.86. The van der Waals surface area contributed by atoms with E-state index >= 15 is 0 Å². The molecule has 0 spiro atoms. The highest BCUT2D eigenvalue weighted by Gasteiger charge is 2.09. The number of carbonyl (C=O) groups excluding carboxylic acids is 1. The van der Waals surface area contributed by atoms with Crippen LogP contribution in [0.2, 0.25) is 0 Å². The molecule has 3 aromatic rings. The van der Waals surface area contributed by atoms with Gasteiger partial charge in [0, 0.05) is 30.2 Å². The maximum atomic E-state index is 12.6. The van der Waals surface area contributed by atoms with Crippen molar-refractivity contribution in [3.63, 3.8) is 0 Å². The standard InChI is InChI=1S/C23H25N3O2/c1-16(2)17-8-10-20(11-9-17)26-23(27)19-12-21(15-24-13-19)25-14-18-6-4-5-7-22(18)28-3/h4-13,15-16,25H,14H2,1-3H3,(H,26,27). The summed E-state index contributed by atoms with van der Waals surface area (Å²) in [4.78, 5) is 16.7. The van der Waals surface area contributed by atoms with Gasteiger partial charge in [0.1, 0.15) is 5.75 Å². The van der Waals surface area contributed by atoms with Gasteiger partial charge in [-0.1, -0.05) is 44.2 Å². The number of carbonyl (C=O) groups is 1. The van der Waals surface area contributed by atoms with E-state index in [1.54, 1.807) is 25.6 Å². The fourth-order valence-corrected chi connectivity index (χ4v) is 2.86. The van der Waals surface area contributed by atoms with Crippen molar-refractivity contribution in [2.45, 2.75) is 26.3 Å². The van der Waals surface area contributed by atoms with Gasteiger partial charge in [0.15, 0.2) is 0 Å². The van der Waals surface area contributed by atoms with E-state index in [1.165, 1.54) is 5.56 Å². The minimum absolute atomic E-state index is 0.189. The monoisotopic (exact) mass is 375 g/mol. The van der Waals surface area contributed by atoms with Crippen molar-refractivity contribution in [3.8, 4) is 5.75 Å². The van der Waals surface area contributed by atoms with Crippen LogP contribution in [-0.2, 0) is 6.54 Å². The third-order valence-corrected chi connectivity index (χ3v) is 4.51. The molecular formula is C23H25N3O2. The summed E-state index contributed by atoms with van der Waals surface area (Å²) in [7, 11) is 1.65. The molecule has 0 unspecified atom stereocenters. The van der Waals surface area contributed by atoms with Gasteiger partial charge < -0.3 is 15.4 Å². The lowest BCUT2D eigenvalue weighted by atomic mass is 10.0. The van der Waals surface area contributed by atoms with E-state index in [9.17, 15) is 4.79 Å². The van der Waals surface area contributed by atoms with Crippen LogP contribution in [0.1, 0.15) is 41.3 Å². The number of amides is 1. The van der Waals surface area contributed by atoms with Gasteiger partial charge in [0.2, 0.25) is 0 Å². The number of nitrogens with zero attached hydrogens (tertiary/aromatic N) is 1. The van der Waals surface area contributed by atoms with Crippen molar-refractivity contribution < 1.29 is 9.53 Å². The molecule has 1 heterocycles. The molecule has 0 fully saturated rings. The second-order valence-corrected chi connectivity index (χ2v) is 6.86. The van der Waals surface area contributed by atoms with Crippen LogP contribution in [0.15, 0.2) is 67.0 Å². The highest BCUT2D eigenvalue weighted by atomic mass is 16.5. The highest BCUT2D eigenvalue weighted by molar-refractivity contribution is 6.04. The topological polar surface area (TPSA) is 63.2 Å². The van der Waals surface area contributed by atoms with Crippen molar-refractivity contribution in [3.05, 3.63) is 83.7 Å². The van der Waals surface area contributed by atoms with Gasteiger partial charge >= 0.3 is 0 Å². The Hall–Kier alpha value is -3.34. The zero-order valence-corrected chi connectivity index (χ0v) is 16.4. The number of rotatable bonds is 7. The first kappa shape index (κ1) is 19.4. The van der Waals surface area contributed by atoms with E-state index in [0.29, 0.717) is 18.0 Å². The molecular weight excluding hydrogens is 350 g/mol. The molecule has 5 nitrogen and oxygen atoms in total. The van der Waals surface area contributed by atoms with Crippen LogP contribution in [0.4, 0.5) is 11.4 Å². The van der Waals surface area contributed by atoms with E-state index < -0.39 is 0 Å². The predicted octanol–water partition coefficient (Wildman–Crippen LogP) is 5.08. The first-order valence-corrected chi connectivity index (χ1v) is 9.29. The van der Waals surface area contributed by atoms with Gasteiger partial charge in [-0.3, -0.25) is 9.78 Å². The third-order valence-electron chi connectivity index (χ3n) is 4.51. The molecule has 0 aliphatic heterocycles. The number of benzene rings is 2. The lowest BCUT2D eigenvalue weighted by Crippen LogP contribution is -2.13. The first-order chi connectivity index (χ1) is 13.6. The summed E-state index contributed by atoms with van der Waals surface area (Å²) in [6, 6.07) is 17.5. The van der Waals surface area contributed by atoms with Gasteiger partial charge in [-0.25, -0.2) is 0 Å². The largest absolute Gasteiger partial charge is 0.496 e. The van der Waals surface area contributed by atoms with Gasteiger partial charge in [0.25, 0.3) is 5.91 Å². The minimum atomic E-state index is -0.189. The van der Waals surface area contributed by atoms with E-state index in [2.05, 4.69) is 29.5 Å². The lowest BCUT2D eigenvalue weighted by molar-refractivity contribution is 0.102. The molecule has 1 aromatic heterocycles. The Morgan fingerprint density at radius 1 is 1.04 bits per heavy atom. The molecule has 2 aromatic carbocycles. The van der Waals surface area contributed by atoms with Crippen molar-refractivity contribution in [2.75, 3.05) is 17.7 Å². The zero-order valence-electron chi connectivity index (χ0n) is 16.4. The number of ether oxygens (including phenoxy) is 1. The molecule has 0 bridgehead atoms. The van der Waals surface area contributed by atoms with Crippen LogP contribution >= 0.6 is 0 Å². The number of para-hydroxylation sites is 1. The lowest BCUT2D eigenvalue weighted by Gasteiger charge is -2.11. The SMILES string of the molecule is COc1ccccc1CNc1cncc(C(=O)Nc2ccc(C(C)C)cc2)c1. The quantitative estimate of drug-likeness (QED) is 0.605. The summed E-state index contributed by atoms with van der Waals surface area (Å²) in [5, 5.41) is 6.21. The highest BCUT2D eigenvalue weighted by Crippen LogP contribution is 2.20. The Balaban J connectivity index is 1.66. The Labute approximate surface area is 165 Å². The molecule has 0 saturated heterocycles. The Morgan fingerprint density at radius 3 is 2.50 bits per heavy atom. The molecule has 1 amide bonds. The summed E-state index contributed by atoms with van der Waals surface area (Å²) in [6.07, 6.45) is 3.26. The van der Waals surface area contributed by atoms with E-state index in [-0.39, 0.29) is 5.91 Å². The molecule has 144 valence electrons. The fraction of sp³-hybridized carbons (Fsp3) is 0.217. The van der Waals surface area contributed by atoms with Gasteiger partial charge in [-0.15, -0.1) is 0 Å². The average molecular weight is 375 g/mol. The minimum Gasteiger partial charge on any atom is -0.496 e. The summed E-state index contributed by atoms with van der Waals surface area (Å²) < 4.78 is 5.37. The summed E-state index contributed by atoms with van der Waals surface area (Å²) in [5.74, 6) is 1.09. The number of hydrogen-bond acceptors (Lipinski definition) is 4. The molecule has 0 radical (unpaired) electrons. The number of anilines is 2. The smallest absolute Gasteiger partial charge is 0.257 e. The van der Waals surface area contributed by atoms with Crippen LogP contribution in [0, 0.1) is 0 Å². The van der Waals surface area contributed by atoms with Crippen LogP contribution in [0.5, 0.6) is 5.75 Å². The maximum Gasteiger partial charge on any atom is 0.257 e. The predicted molar refractivity (Wildman–Crippen MR) is 113 cm³/mol. The molecule has 0 saturated carbocycles. The molecule has 28 heavy (non-hydrogen) atoms. The summed E-state index contributed by atoms with van der Waals surface area (Å²) in [5.41, 5.74) is 4.31. The Bertz CT molecular complexity index is 937. The van der Waals surface area contributed by atoms with E-state index in [1.807, 2.05) is 48.5 Å². The van der Waals surface area contributed by atoms with Crippen molar-refractivity contribution >= 4 is 17.3 Å². The van der Waals surface area contributed by atoms with E-state index in [4.69, 9.17) is 4.74 Å². The molecule has 3 rings (SSSR count). The second-order valence-electron chi connectivity index (χ2n) is 6.86. The maximum absolute atomic E-state index is 12.6. The van der Waals surface area contributed by atoms with Gasteiger partial charge in [0.05, 0.1) is 18.4 Å². The first-order valence-electron chi connectivity index (χ1n) is 9.29. The number of methoxy groups -OCH3 is 1. The third kappa shape index (κ3) is 4.88. The number of nitrogens with one attached hydrogen (secondary N) is 2. The van der Waals surface area contributed by atoms with Crippen molar-refractivity contribution in [1.82, 2.24) is 4.98 Å². The molecule has 0 aliphatic rings. The molecule has 0 aliphatic carbocycles. The number of hydrogen-bond donors (Lipinski definition) is 2. The molecule has 5 heteroatoms. The summed E-state index contributed by atoms with van der Waals surface area (Å²) >= 11 is 0. The van der Waals surface area contributed by atoms with Crippen LogP contribution in [0.25, 0.3) is 0 Å². The second kappa shape index (κ2) is 9.04. The van der Waals surface area contributed by atoms with Crippen LogP contribution in [0.3, 0.4) is 0 Å². The van der Waals surface area contributed by atoms with Crippen LogP contribution < -0.4 is 15.4 Å². The van der Waals surface area contributed by atoms with Crippen LogP contribution in [-0.4, -0.2) is 18.0 Å². The fourth-order valence-electron chi connectivity index (χ4n) is 2.86. The normalized spacial score (nSPS) is 10.6. The average Bonchev–Trinajstić information content (AvgIpc) is 2.73. The van der Waals surface area contributed by atoms with Crippen molar-refractivity contribution in [2.24, 2.45) is 0 Å². The molecule has 2 N–H and O–H groups in total. The number of aromatic nitrogens is 1. The Kier molecular flexibility index (Phi) is 6.27. The molecule has 0 atom stereocenters. The Morgan fingerprint density at radius 2 is 1.79 bits per heavy atom. The van der Waals surface area contributed by atoms with Crippen molar-refractivity contribution in [1.29, 1.82) is 0 Å². The zero-order chi connectivity index (χ0) is 19.9. The number of pyridine rings is 1. The van der Waals surface area contributed by atoms with Gasteiger partial charge in [-0.05, 0) is 35.7 Å². The van der Waals surface area contributed by atoms with E-state index in [0.717, 1.165) is 22.7 Å².